The molecule has 2 saturated heterocycles. The SMILES string of the molecule is Cc1c(-c2[nH]c3sc(C4CCC5(CC4)CN(C(=O)[C@@H]4CCCN4)C5)c(C)c3c2C(C)C)cn2ncnc2c1C. The average Bonchev–Trinajstić information content (AvgIpc) is 3.70. The topological polar surface area (TPSA) is 78.3 Å². The fourth-order valence-corrected chi connectivity index (χ4v) is 9.12. The minimum Gasteiger partial charge on any atom is -0.346 e. The maximum atomic E-state index is 12.8. The Morgan fingerprint density at radius 1 is 1.10 bits per heavy atom. The van der Waals surface area contributed by atoms with E-state index in [9.17, 15) is 4.79 Å². The molecule has 39 heavy (non-hydrogen) atoms. The van der Waals surface area contributed by atoms with E-state index >= 15 is 0 Å². The van der Waals surface area contributed by atoms with Crippen molar-refractivity contribution < 1.29 is 4.79 Å². The second-order valence-corrected chi connectivity index (χ2v) is 13.9. The Labute approximate surface area is 234 Å². The van der Waals surface area contributed by atoms with E-state index < -0.39 is 0 Å². The highest BCUT2D eigenvalue weighted by Crippen LogP contribution is 2.52. The summed E-state index contributed by atoms with van der Waals surface area (Å²) in [5.74, 6) is 1.37. The standard InChI is InChI=1S/C31H40N6OS/c1-17(2)24-25-20(5)27(21-8-10-31(11-9-21)14-36(15-31)30(38)23-7-6-12-32-23)39-29(25)35-26(24)22-13-37-28(33-16-34-37)19(4)18(22)3/h13,16-17,21,23,32,35H,6-12,14-15H2,1-5H3/t23-/m0/s1. The molecule has 2 N–H and O–H groups in total. The molecule has 0 unspecified atom stereocenters. The Hall–Kier alpha value is -2.71. The zero-order valence-electron chi connectivity index (χ0n) is 23.9. The van der Waals surface area contributed by atoms with E-state index in [1.807, 2.05) is 15.9 Å². The zero-order chi connectivity index (χ0) is 27.1. The average molecular weight is 545 g/mol. The van der Waals surface area contributed by atoms with Crippen LogP contribution in [0.3, 0.4) is 0 Å². The van der Waals surface area contributed by atoms with E-state index in [2.05, 4.69) is 66.1 Å². The summed E-state index contributed by atoms with van der Waals surface area (Å²) in [6.07, 6.45) is 10.9. The first-order valence-electron chi connectivity index (χ1n) is 14.7. The molecule has 1 amide bonds. The van der Waals surface area contributed by atoms with Gasteiger partial charge in [-0.1, -0.05) is 13.8 Å². The second-order valence-electron chi connectivity index (χ2n) is 12.8. The molecule has 0 radical (unpaired) electrons. The van der Waals surface area contributed by atoms with E-state index in [-0.39, 0.29) is 6.04 Å². The van der Waals surface area contributed by atoms with Gasteiger partial charge < -0.3 is 15.2 Å². The van der Waals surface area contributed by atoms with Crippen LogP contribution in [0.25, 0.3) is 27.1 Å². The van der Waals surface area contributed by atoms with Gasteiger partial charge in [-0.05, 0) is 99.9 Å². The summed E-state index contributed by atoms with van der Waals surface area (Å²) in [7, 11) is 0. The number of thiophene rings is 1. The van der Waals surface area contributed by atoms with Gasteiger partial charge in [0.25, 0.3) is 0 Å². The van der Waals surface area contributed by atoms with E-state index in [0.29, 0.717) is 23.2 Å². The van der Waals surface area contributed by atoms with Gasteiger partial charge in [-0.15, -0.1) is 11.3 Å². The number of likely N-dealkylation sites (tertiary alicyclic amines) is 1. The van der Waals surface area contributed by atoms with E-state index in [1.54, 1.807) is 11.2 Å². The molecule has 6 heterocycles. The van der Waals surface area contributed by atoms with Crippen molar-refractivity contribution in [2.45, 2.75) is 91.0 Å². The lowest BCUT2D eigenvalue weighted by Gasteiger charge is -2.54. The monoisotopic (exact) mass is 544 g/mol. The highest BCUT2D eigenvalue weighted by atomic mass is 32.1. The van der Waals surface area contributed by atoms with E-state index in [0.717, 1.165) is 38.1 Å². The molecule has 0 bridgehead atoms. The van der Waals surface area contributed by atoms with Crippen LogP contribution in [0.1, 0.15) is 91.3 Å². The molecule has 3 aliphatic rings. The molecule has 7 nitrogen and oxygen atoms in total. The lowest BCUT2D eigenvalue weighted by atomic mass is 9.65. The normalized spacial score (nSPS) is 21.6. The van der Waals surface area contributed by atoms with Crippen molar-refractivity contribution >= 4 is 33.1 Å². The largest absolute Gasteiger partial charge is 0.346 e. The number of nitrogens with zero attached hydrogens (tertiary/aromatic N) is 4. The summed E-state index contributed by atoms with van der Waals surface area (Å²) in [5.41, 5.74) is 9.08. The van der Waals surface area contributed by atoms with Crippen LogP contribution in [-0.2, 0) is 4.79 Å². The predicted molar refractivity (Wildman–Crippen MR) is 158 cm³/mol. The van der Waals surface area contributed by atoms with Crippen molar-refractivity contribution in [3.8, 4) is 11.3 Å². The van der Waals surface area contributed by atoms with Crippen LogP contribution >= 0.6 is 11.3 Å². The van der Waals surface area contributed by atoms with Crippen LogP contribution in [0.5, 0.6) is 0 Å². The molecule has 206 valence electrons. The zero-order valence-corrected chi connectivity index (χ0v) is 24.7. The van der Waals surface area contributed by atoms with Gasteiger partial charge >= 0.3 is 0 Å². The fourth-order valence-electron chi connectivity index (χ4n) is 7.73. The van der Waals surface area contributed by atoms with E-state index in [4.69, 9.17) is 0 Å². The highest BCUT2D eigenvalue weighted by molar-refractivity contribution is 7.19. The quantitative estimate of drug-likeness (QED) is 0.319. The molecule has 1 aliphatic carbocycles. The first kappa shape index (κ1) is 25.3. The molecule has 0 aromatic carbocycles. The first-order valence-corrected chi connectivity index (χ1v) is 15.5. The van der Waals surface area contributed by atoms with Crippen molar-refractivity contribution in [1.29, 1.82) is 0 Å². The highest BCUT2D eigenvalue weighted by Gasteiger charge is 2.48. The minimum atomic E-state index is 0.0706. The van der Waals surface area contributed by atoms with Crippen LogP contribution in [0, 0.1) is 26.2 Å². The van der Waals surface area contributed by atoms with Gasteiger partial charge in [-0.3, -0.25) is 4.79 Å². The number of fused-ring (bicyclic) bond motifs is 2. The number of carbonyl (C=O) groups excluding carboxylic acids is 1. The number of rotatable bonds is 4. The summed E-state index contributed by atoms with van der Waals surface area (Å²) in [5, 5.41) is 9.25. The molecule has 1 spiro atoms. The molecule has 3 fully saturated rings. The number of carbonyl (C=O) groups is 1. The van der Waals surface area contributed by atoms with Gasteiger partial charge in [0, 0.05) is 40.5 Å². The van der Waals surface area contributed by atoms with Gasteiger partial charge in [-0.25, -0.2) is 9.50 Å². The summed E-state index contributed by atoms with van der Waals surface area (Å²) < 4.78 is 1.91. The van der Waals surface area contributed by atoms with Crippen molar-refractivity contribution in [2.24, 2.45) is 5.41 Å². The lowest BCUT2D eigenvalue weighted by molar-refractivity contribution is -0.147. The van der Waals surface area contributed by atoms with Crippen LogP contribution in [-0.4, -0.2) is 56.1 Å². The number of pyridine rings is 1. The molecule has 1 atom stereocenters. The van der Waals surface area contributed by atoms with Crippen molar-refractivity contribution in [3.05, 3.63) is 39.7 Å². The number of aromatic nitrogens is 4. The van der Waals surface area contributed by atoms with Crippen molar-refractivity contribution in [1.82, 2.24) is 29.8 Å². The molecule has 4 aromatic heterocycles. The van der Waals surface area contributed by atoms with Crippen LogP contribution in [0.4, 0.5) is 0 Å². The van der Waals surface area contributed by atoms with E-state index in [1.165, 1.54) is 69.4 Å². The molecular formula is C31H40N6OS. The maximum Gasteiger partial charge on any atom is 0.239 e. The third kappa shape index (κ3) is 3.89. The molecule has 1 saturated carbocycles. The third-order valence-corrected chi connectivity index (χ3v) is 11.4. The number of aromatic amines is 1. The Morgan fingerprint density at radius 2 is 1.87 bits per heavy atom. The summed E-state index contributed by atoms with van der Waals surface area (Å²) >= 11 is 1.98. The number of hydrogen-bond donors (Lipinski definition) is 2. The van der Waals surface area contributed by atoms with Crippen molar-refractivity contribution in [2.75, 3.05) is 19.6 Å². The lowest BCUT2D eigenvalue weighted by Crippen LogP contribution is -2.62. The van der Waals surface area contributed by atoms with Crippen LogP contribution in [0.2, 0.25) is 0 Å². The van der Waals surface area contributed by atoms with Gasteiger partial charge in [0.15, 0.2) is 5.65 Å². The van der Waals surface area contributed by atoms with Gasteiger partial charge in [0.05, 0.1) is 11.7 Å². The Kier molecular flexibility index (Phi) is 5.94. The number of nitrogens with one attached hydrogen (secondary N) is 2. The number of amides is 1. The Morgan fingerprint density at radius 3 is 2.56 bits per heavy atom. The molecule has 2 aliphatic heterocycles. The van der Waals surface area contributed by atoms with Gasteiger partial charge in [0.1, 0.15) is 11.2 Å². The molecule has 8 heteroatoms. The number of aryl methyl sites for hydroxylation is 2. The Bertz CT molecular complexity index is 1570. The van der Waals surface area contributed by atoms with Gasteiger partial charge in [-0.2, -0.15) is 5.10 Å². The van der Waals surface area contributed by atoms with Crippen LogP contribution in [0.15, 0.2) is 12.5 Å². The number of H-pyrrole nitrogens is 1. The summed E-state index contributed by atoms with van der Waals surface area (Å²) in [6.45, 7) is 14.2. The van der Waals surface area contributed by atoms with Crippen molar-refractivity contribution in [3.63, 3.8) is 0 Å². The maximum absolute atomic E-state index is 12.8. The smallest absolute Gasteiger partial charge is 0.239 e. The predicted octanol–water partition coefficient (Wildman–Crippen LogP) is 6.23. The van der Waals surface area contributed by atoms with Crippen LogP contribution < -0.4 is 5.32 Å². The Balaban J connectivity index is 1.14. The number of hydrogen-bond acceptors (Lipinski definition) is 5. The molecule has 4 aromatic rings. The van der Waals surface area contributed by atoms with Gasteiger partial charge in [0.2, 0.25) is 5.91 Å². The minimum absolute atomic E-state index is 0.0706. The molecular weight excluding hydrogens is 504 g/mol. The molecule has 7 rings (SSSR count). The first-order chi connectivity index (χ1) is 18.8. The fraction of sp³-hybridized carbons (Fsp3) is 0.581. The summed E-state index contributed by atoms with van der Waals surface area (Å²) in [4.78, 5) is 26.1. The third-order valence-electron chi connectivity index (χ3n) is 10.1. The second kappa shape index (κ2) is 9.16. The summed E-state index contributed by atoms with van der Waals surface area (Å²) in [6, 6.07) is 0.0706.